The molecule has 0 unspecified atom stereocenters. The van der Waals surface area contributed by atoms with E-state index >= 15 is 0 Å². The highest BCUT2D eigenvalue weighted by Crippen LogP contribution is 2.29. The molecule has 0 aliphatic rings. The zero-order valence-corrected chi connectivity index (χ0v) is 13.1. The smallest absolute Gasteiger partial charge is 0.262 e. The highest BCUT2D eigenvalue weighted by Gasteiger charge is 2.12. The maximum absolute atomic E-state index is 12.0. The molecule has 0 radical (unpaired) electrons. The summed E-state index contributed by atoms with van der Waals surface area (Å²) in [5.74, 6) is 0.591. The zero-order valence-electron chi connectivity index (χ0n) is 13.1. The number of furan rings is 1. The van der Waals surface area contributed by atoms with E-state index < -0.39 is 5.91 Å². The average molecular weight is 314 g/mol. The summed E-state index contributed by atoms with van der Waals surface area (Å²) in [5.41, 5.74) is 0.569. The second kappa shape index (κ2) is 8.01. The molecular formula is C17H18N2O4. The number of nitriles is 1. The van der Waals surface area contributed by atoms with Crippen molar-refractivity contribution in [2.75, 3.05) is 27.4 Å². The molecule has 1 amide bonds. The van der Waals surface area contributed by atoms with Crippen LogP contribution < -0.4 is 10.1 Å². The molecule has 2 rings (SSSR count). The summed E-state index contributed by atoms with van der Waals surface area (Å²) < 4.78 is 15.8. The third-order valence-corrected chi connectivity index (χ3v) is 3.21. The van der Waals surface area contributed by atoms with Crippen molar-refractivity contribution in [3.63, 3.8) is 0 Å². The van der Waals surface area contributed by atoms with Crippen molar-refractivity contribution in [3.05, 3.63) is 35.6 Å². The molecule has 6 heteroatoms. The number of amides is 1. The number of nitrogens with one attached hydrogen (secondary N) is 1. The molecule has 120 valence electrons. The lowest BCUT2D eigenvalue weighted by Gasteiger charge is -2.03. The maximum Gasteiger partial charge on any atom is 0.262 e. The van der Waals surface area contributed by atoms with Gasteiger partial charge in [-0.15, -0.1) is 0 Å². The van der Waals surface area contributed by atoms with Crippen LogP contribution >= 0.6 is 0 Å². The van der Waals surface area contributed by atoms with E-state index in [0.29, 0.717) is 36.7 Å². The molecule has 6 nitrogen and oxygen atoms in total. The van der Waals surface area contributed by atoms with Gasteiger partial charge in [-0.25, -0.2) is 0 Å². The van der Waals surface area contributed by atoms with Gasteiger partial charge in [-0.2, -0.15) is 5.26 Å². The van der Waals surface area contributed by atoms with Crippen LogP contribution in [0.15, 0.2) is 34.3 Å². The molecule has 0 aliphatic carbocycles. The summed E-state index contributed by atoms with van der Waals surface area (Å²) >= 11 is 0. The van der Waals surface area contributed by atoms with Crippen molar-refractivity contribution < 1.29 is 18.7 Å². The van der Waals surface area contributed by atoms with E-state index in [4.69, 9.17) is 19.2 Å². The van der Waals surface area contributed by atoms with E-state index in [1.165, 1.54) is 6.08 Å². The van der Waals surface area contributed by atoms with Crippen LogP contribution in [-0.4, -0.2) is 33.3 Å². The molecule has 0 fully saturated rings. The normalized spacial score (nSPS) is 11.3. The molecule has 0 spiro atoms. The van der Waals surface area contributed by atoms with Crippen LogP contribution in [-0.2, 0) is 9.53 Å². The number of benzene rings is 1. The average Bonchev–Trinajstić information content (AvgIpc) is 2.98. The van der Waals surface area contributed by atoms with Crippen LogP contribution in [0.3, 0.4) is 0 Å². The summed E-state index contributed by atoms with van der Waals surface area (Å²) in [6, 6.07) is 9.15. The lowest BCUT2D eigenvalue weighted by Crippen LogP contribution is -2.26. The summed E-state index contributed by atoms with van der Waals surface area (Å²) in [7, 11) is 3.15. The number of hydrogen-bond acceptors (Lipinski definition) is 5. The van der Waals surface area contributed by atoms with E-state index in [1.807, 2.05) is 18.2 Å². The van der Waals surface area contributed by atoms with Crippen molar-refractivity contribution in [1.82, 2.24) is 5.32 Å². The SMILES string of the molecule is COCCCNC(=O)/C(C#N)=C/c1cc2cccc(OC)c2o1. The van der Waals surface area contributed by atoms with Crippen LogP contribution in [0.25, 0.3) is 17.0 Å². The van der Waals surface area contributed by atoms with Gasteiger partial charge < -0.3 is 19.2 Å². The fourth-order valence-corrected chi connectivity index (χ4v) is 2.09. The van der Waals surface area contributed by atoms with Gasteiger partial charge in [-0.3, -0.25) is 4.79 Å². The Morgan fingerprint density at radius 1 is 1.43 bits per heavy atom. The Morgan fingerprint density at radius 2 is 2.26 bits per heavy atom. The first-order chi connectivity index (χ1) is 11.2. The number of hydrogen-bond donors (Lipinski definition) is 1. The Bertz CT molecular complexity index is 756. The number of carbonyl (C=O) groups excluding carboxylic acids is 1. The second-order valence-electron chi connectivity index (χ2n) is 4.80. The first-order valence-electron chi connectivity index (χ1n) is 7.15. The van der Waals surface area contributed by atoms with Crippen molar-refractivity contribution in [3.8, 4) is 11.8 Å². The van der Waals surface area contributed by atoms with E-state index in [1.54, 1.807) is 26.4 Å². The molecule has 1 heterocycles. The van der Waals surface area contributed by atoms with E-state index in [2.05, 4.69) is 5.32 Å². The lowest BCUT2D eigenvalue weighted by atomic mass is 10.2. The first-order valence-corrected chi connectivity index (χ1v) is 7.15. The van der Waals surface area contributed by atoms with E-state index in [9.17, 15) is 4.79 Å². The Morgan fingerprint density at radius 3 is 2.96 bits per heavy atom. The molecule has 0 aliphatic heterocycles. The third-order valence-electron chi connectivity index (χ3n) is 3.21. The summed E-state index contributed by atoms with van der Waals surface area (Å²) in [4.78, 5) is 12.0. The molecule has 1 aromatic heterocycles. The number of fused-ring (bicyclic) bond motifs is 1. The largest absolute Gasteiger partial charge is 0.493 e. The van der Waals surface area contributed by atoms with Crippen LogP contribution in [0.5, 0.6) is 5.75 Å². The third kappa shape index (κ3) is 4.11. The molecule has 1 aromatic carbocycles. The van der Waals surface area contributed by atoms with E-state index in [0.717, 1.165) is 5.39 Å². The minimum absolute atomic E-state index is 0.0135. The van der Waals surface area contributed by atoms with Crippen molar-refractivity contribution in [2.24, 2.45) is 0 Å². The Balaban J connectivity index is 2.18. The van der Waals surface area contributed by atoms with Gasteiger partial charge in [0.2, 0.25) is 0 Å². The Labute approximate surface area is 134 Å². The monoisotopic (exact) mass is 314 g/mol. The highest BCUT2D eigenvalue weighted by atomic mass is 16.5. The van der Waals surface area contributed by atoms with Gasteiger partial charge in [0.05, 0.1) is 7.11 Å². The number of rotatable bonds is 7. The fraction of sp³-hybridized carbons (Fsp3) is 0.294. The predicted molar refractivity (Wildman–Crippen MR) is 85.9 cm³/mol. The summed E-state index contributed by atoms with van der Waals surface area (Å²) in [6.45, 7) is 0.995. The minimum Gasteiger partial charge on any atom is -0.493 e. The van der Waals surface area contributed by atoms with Gasteiger partial charge in [0.15, 0.2) is 11.3 Å². The summed E-state index contributed by atoms with van der Waals surface area (Å²) in [6.07, 6.45) is 2.11. The van der Waals surface area contributed by atoms with Gasteiger partial charge in [0.1, 0.15) is 17.4 Å². The Kier molecular flexibility index (Phi) is 5.78. The minimum atomic E-state index is -0.434. The number of ether oxygens (including phenoxy) is 2. The van der Waals surface area contributed by atoms with Gasteiger partial charge in [0, 0.05) is 31.7 Å². The van der Waals surface area contributed by atoms with Crippen LogP contribution in [0, 0.1) is 11.3 Å². The van der Waals surface area contributed by atoms with Crippen molar-refractivity contribution >= 4 is 23.0 Å². The van der Waals surface area contributed by atoms with Gasteiger partial charge in [-0.05, 0) is 18.6 Å². The van der Waals surface area contributed by atoms with Crippen LogP contribution in [0.4, 0.5) is 0 Å². The van der Waals surface area contributed by atoms with Gasteiger partial charge in [-0.1, -0.05) is 12.1 Å². The van der Waals surface area contributed by atoms with Gasteiger partial charge in [0.25, 0.3) is 5.91 Å². The van der Waals surface area contributed by atoms with E-state index in [-0.39, 0.29) is 5.57 Å². The lowest BCUT2D eigenvalue weighted by molar-refractivity contribution is -0.117. The summed E-state index contributed by atoms with van der Waals surface area (Å²) in [5, 5.41) is 12.7. The molecule has 23 heavy (non-hydrogen) atoms. The number of para-hydroxylation sites is 1. The molecular weight excluding hydrogens is 296 g/mol. The standard InChI is InChI=1S/C17H18N2O4/c1-21-8-4-7-19-17(20)13(11-18)10-14-9-12-5-3-6-15(22-2)16(12)23-14/h3,5-6,9-10H,4,7-8H2,1-2H3,(H,19,20)/b13-10+. The van der Waals surface area contributed by atoms with Gasteiger partial charge >= 0.3 is 0 Å². The van der Waals surface area contributed by atoms with Crippen LogP contribution in [0.1, 0.15) is 12.2 Å². The molecule has 1 N–H and O–H groups in total. The molecule has 0 atom stereocenters. The van der Waals surface area contributed by atoms with Crippen molar-refractivity contribution in [1.29, 1.82) is 5.26 Å². The molecule has 2 aromatic rings. The quantitative estimate of drug-likeness (QED) is 0.482. The first kappa shape index (κ1) is 16.6. The highest BCUT2D eigenvalue weighted by molar-refractivity contribution is 6.01. The number of carbonyl (C=O) groups is 1. The van der Waals surface area contributed by atoms with Crippen molar-refractivity contribution in [2.45, 2.75) is 6.42 Å². The fourth-order valence-electron chi connectivity index (χ4n) is 2.09. The topological polar surface area (TPSA) is 84.5 Å². The number of nitrogens with zero attached hydrogens (tertiary/aromatic N) is 1. The second-order valence-corrected chi connectivity index (χ2v) is 4.80. The molecule has 0 saturated carbocycles. The predicted octanol–water partition coefficient (Wildman–Crippen LogP) is 2.50. The number of methoxy groups -OCH3 is 2. The zero-order chi connectivity index (χ0) is 16.7. The maximum atomic E-state index is 12.0. The van der Waals surface area contributed by atoms with Crippen LogP contribution in [0.2, 0.25) is 0 Å². The molecule has 0 bridgehead atoms. The molecule has 0 saturated heterocycles. The Hall–Kier alpha value is -2.78.